The van der Waals surface area contributed by atoms with Crippen molar-refractivity contribution in [1.82, 2.24) is 5.32 Å². The van der Waals surface area contributed by atoms with E-state index in [0.717, 1.165) is 5.56 Å². The van der Waals surface area contributed by atoms with Crippen LogP contribution in [0.15, 0.2) is 40.8 Å². The Balaban J connectivity index is 2.12. The minimum atomic E-state index is -0.213. The van der Waals surface area contributed by atoms with Gasteiger partial charge in [0.1, 0.15) is 5.76 Å². The molecule has 0 aliphatic carbocycles. The first kappa shape index (κ1) is 15.0. The molecule has 0 atom stereocenters. The monoisotopic (exact) mass is 285 g/mol. The van der Waals surface area contributed by atoms with E-state index in [-0.39, 0.29) is 11.7 Å². The molecular weight excluding hydrogens is 266 g/mol. The van der Waals surface area contributed by atoms with Crippen molar-refractivity contribution in [3.05, 3.63) is 47.7 Å². The van der Waals surface area contributed by atoms with Crippen molar-refractivity contribution in [3.8, 4) is 11.3 Å². The summed E-state index contributed by atoms with van der Waals surface area (Å²) in [5, 5.41) is 2.81. The van der Waals surface area contributed by atoms with E-state index in [9.17, 15) is 9.59 Å². The highest BCUT2D eigenvalue weighted by Gasteiger charge is 2.12. The van der Waals surface area contributed by atoms with Gasteiger partial charge in [0.25, 0.3) is 5.91 Å². The summed E-state index contributed by atoms with van der Waals surface area (Å²) in [6, 6.07) is 10.5. The van der Waals surface area contributed by atoms with Gasteiger partial charge in [0.05, 0.1) is 0 Å². The molecule has 0 saturated carbocycles. The van der Waals surface area contributed by atoms with Crippen molar-refractivity contribution in [1.29, 1.82) is 0 Å². The lowest BCUT2D eigenvalue weighted by Crippen LogP contribution is -2.26. The second-order valence-corrected chi connectivity index (χ2v) is 5.40. The Bertz CT molecular complexity index is 638. The molecule has 0 radical (unpaired) electrons. The van der Waals surface area contributed by atoms with E-state index >= 15 is 0 Å². The number of carbonyl (C=O) groups excluding carboxylic acids is 2. The zero-order chi connectivity index (χ0) is 15.4. The van der Waals surface area contributed by atoms with Crippen LogP contribution in [0.5, 0.6) is 0 Å². The molecule has 0 bridgehead atoms. The SMILES string of the molecule is CC(=O)c1ccc(-c2ccc(C(=O)NCC(C)C)o2)cc1. The van der Waals surface area contributed by atoms with Gasteiger partial charge in [-0.05, 0) is 25.0 Å². The smallest absolute Gasteiger partial charge is 0.287 e. The van der Waals surface area contributed by atoms with Gasteiger partial charge in [0.15, 0.2) is 11.5 Å². The second-order valence-electron chi connectivity index (χ2n) is 5.40. The van der Waals surface area contributed by atoms with Gasteiger partial charge in [-0.1, -0.05) is 38.1 Å². The molecule has 110 valence electrons. The average molecular weight is 285 g/mol. The van der Waals surface area contributed by atoms with Gasteiger partial charge in [0.2, 0.25) is 0 Å². The Kier molecular flexibility index (Phi) is 4.58. The molecule has 1 N–H and O–H groups in total. The lowest BCUT2D eigenvalue weighted by molar-refractivity contribution is 0.0921. The van der Waals surface area contributed by atoms with Gasteiger partial charge < -0.3 is 9.73 Å². The van der Waals surface area contributed by atoms with Crippen LogP contribution in [0.3, 0.4) is 0 Å². The molecule has 0 fully saturated rings. The number of Topliss-reactive ketones (excluding diaryl/α,β-unsaturated/α-hetero) is 1. The molecule has 4 heteroatoms. The maximum absolute atomic E-state index is 11.9. The van der Waals surface area contributed by atoms with Gasteiger partial charge in [0, 0.05) is 17.7 Å². The van der Waals surface area contributed by atoms with Crippen molar-refractivity contribution in [2.75, 3.05) is 6.54 Å². The van der Waals surface area contributed by atoms with Gasteiger partial charge in [-0.15, -0.1) is 0 Å². The number of furan rings is 1. The molecule has 0 spiro atoms. The third-order valence-corrected chi connectivity index (χ3v) is 3.08. The lowest BCUT2D eigenvalue weighted by Gasteiger charge is -2.05. The third kappa shape index (κ3) is 3.81. The van der Waals surface area contributed by atoms with Crippen LogP contribution in [-0.4, -0.2) is 18.2 Å². The number of rotatable bonds is 5. The number of amides is 1. The molecule has 0 saturated heterocycles. The lowest BCUT2D eigenvalue weighted by atomic mass is 10.1. The molecular formula is C17H19NO3. The topological polar surface area (TPSA) is 59.3 Å². The van der Waals surface area contributed by atoms with Crippen LogP contribution in [0.4, 0.5) is 0 Å². The van der Waals surface area contributed by atoms with Gasteiger partial charge in [-0.2, -0.15) is 0 Å². The highest BCUT2D eigenvalue weighted by molar-refractivity contribution is 5.94. The Hall–Kier alpha value is -2.36. The summed E-state index contributed by atoms with van der Waals surface area (Å²) in [4.78, 5) is 23.1. The number of carbonyl (C=O) groups is 2. The molecule has 0 aliphatic heterocycles. The third-order valence-electron chi connectivity index (χ3n) is 3.08. The molecule has 1 aromatic carbocycles. The maximum Gasteiger partial charge on any atom is 0.287 e. The number of hydrogen-bond acceptors (Lipinski definition) is 3. The van der Waals surface area contributed by atoms with E-state index in [0.29, 0.717) is 29.5 Å². The molecule has 0 aliphatic rings. The molecule has 0 unspecified atom stereocenters. The summed E-state index contributed by atoms with van der Waals surface area (Å²) in [7, 11) is 0. The summed E-state index contributed by atoms with van der Waals surface area (Å²) < 4.78 is 5.57. The first-order valence-electron chi connectivity index (χ1n) is 6.97. The van der Waals surface area contributed by atoms with Crippen LogP contribution in [-0.2, 0) is 0 Å². The van der Waals surface area contributed by atoms with Crippen molar-refractivity contribution in [3.63, 3.8) is 0 Å². The van der Waals surface area contributed by atoms with Crippen molar-refractivity contribution in [2.24, 2.45) is 5.92 Å². The van der Waals surface area contributed by atoms with Gasteiger partial charge in [-0.25, -0.2) is 0 Å². The minimum absolute atomic E-state index is 0.0229. The van der Waals surface area contributed by atoms with E-state index in [1.54, 1.807) is 24.3 Å². The fraction of sp³-hybridized carbons (Fsp3) is 0.294. The predicted octanol–water partition coefficient (Wildman–Crippen LogP) is 3.54. The zero-order valence-electron chi connectivity index (χ0n) is 12.5. The van der Waals surface area contributed by atoms with E-state index in [4.69, 9.17) is 4.42 Å². The Morgan fingerprint density at radius 2 is 1.76 bits per heavy atom. The molecule has 1 aromatic heterocycles. The van der Waals surface area contributed by atoms with Crippen LogP contribution >= 0.6 is 0 Å². The van der Waals surface area contributed by atoms with Crippen LogP contribution < -0.4 is 5.32 Å². The van der Waals surface area contributed by atoms with Crippen LogP contribution in [0.2, 0.25) is 0 Å². The summed E-state index contributed by atoms with van der Waals surface area (Å²) in [6.07, 6.45) is 0. The Labute approximate surface area is 124 Å². The van der Waals surface area contributed by atoms with E-state index in [1.807, 2.05) is 26.0 Å². The van der Waals surface area contributed by atoms with Crippen molar-refractivity contribution in [2.45, 2.75) is 20.8 Å². The summed E-state index contributed by atoms with van der Waals surface area (Å²) in [5.41, 5.74) is 1.49. The predicted molar refractivity (Wildman–Crippen MR) is 81.3 cm³/mol. The number of nitrogens with one attached hydrogen (secondary N) is 1. The summed E-state index contributed by atoms with van der Waals surface area (Å²) in [5.74, 6) is 1.11. The standard InChI is InChI=1S/C17H19NO3/c1-11(2)10-18-17(20)16-9-8-15(21-16)14-6-4-13(5-7-14)12(3)19/h4-9,11H,10H2,1-3H3,(H,18,20). The van der Waals surface area contributed by atoms with E-state index in [1.165, 1.54) is 6.92 Å². The normalized spacial score (nSPS) is 10.7. The van der Waals surface area contributed by atoms with Crippen molar-refractivity contribution < 1.29 is 14.0 Å². The fourth-order valence-electron chi connectivity index (χ4n) is 1.87. The summed E-state index contributed by atoms with van der Waals surface area (Å²) in [6.45, 7) is 6.20. The Morgan fingerprint density at radius 1 is 1.10 bits per heavy atom. The first-order valence-corrected chi connectivity index (χ1v) is 6.97. The minimum Gasteiger partial charge on any atom is -0.451 e. The van der Waals surface area contributed by atoms with Crippen LogP contribution in [0.25, 0.3) is 11.3 Å². The molecule has 2 rings (SSSR count). The summed E-state index contributed by atoms with van der Waals surface area (Å²) >= 11 is 0. The molecule has 1 heterocycles. The Morgan fingerprint density at radius 3 is 2.33 bits per heavy atom. The number of benzene rings is 1. The first-order chi connectivity index (χ1) is 9.97. The second kappa shape index (κ2) is 6.39. The number of hydrogen-bond donors (Lipinski definition) is 1. The zero-order valence-corrected chi connectivity index (χ0v) is 12.5. The average Bonchev–Trinajstić information content (AvgIpc) is 2.94. The molecule has 1 amide bonds. The fourth-order valence-corrected chi connectivity index (χ4v) is 1.87. The highest BCUT2D eigenvalue weighted by atomic mass is 16.3. The molecule has 2 aromatic rings. The van der Waals surface area contributed by atoms with Gasteiger partial charge in [-0.3, -0.25) is 9.59 Å². The van der Waals surface area contributed by atoms with E-state index < -0.39 is 0 Å². The van der Waals surface area contributed by atoms with Crippen molar-refractivity contribution >= 4 is 11.7 Å². The van der Waals surface area contributed by atoms with Crippen LogP contribution in [0.1, 0.15) is 41.7 Å². The highest BCUT2D eigenvalue weighted by Crippen LogP contribution is 2.22. The van der Waals surface area contributed by atoms with E-state index in [2.05, 4.69) is 5.32 Å². The number of ketones is 1. The molecule has 4 nitrogen and oxygen atoms in total. The van der Waals surface area contributed by atoms with Gasteiger partial charge >= 0.3 is 0 Å². The maximum atomic E-state index is 11.9. The largest absolute Gasteiger partial charge is 0.451 e. The quantitative estimate of drug-likeness (QED) is 0.855. The molecule has 21 heavy (non-hydrogen) atoms. The van der Waals surface area contributed by atoms with Crippen LogP contribution in [0, 0.1) is 5.92 Å².